The van der Waals surface area contributed by atoms with Gasteiger partial charge in [-0.15, -0.1) is 0 Å². The number of hydrogen-bond donors (Lipinski definition) is 2. The van der Waals surface area contributed by atoms with Gasteiger partial charge in [-0.3, -0.25) is 0 Å². The molecule has 0 saturated heterocycles. The molecule has 1 heterocycles. The molecule has 1 aromatic carbocycles. The highest BCUT2D eigenvalue weighted by Gasteiger charge is 2.14. The quantitative estimate of drug-likeness (QED) is 0.826. The predicted molar refractivity (Wildman–Crippen MR) is 68.9 cm³/mol. The van der Waals surface area contributed by atoms with Crippen LogP contribution in [0.2, 0.25) is 0 Å². The SMILES string of the molecule is CCn1c(C(C)NCCO)nc2ccccc21. The van der Waals surface area contributed by atoms with Crippen molar-refractivity contribution in [1.82, 2.24) is 14.9 Å². The second-order valence-corrected chi connectivity index (χ2v) is 4.10. The van der Waals surface area contributed by atoms with Gasteiger partial charge in [0.1, 0.15) is 5.82 Å². The zero-order valence-electron chi connectivity index (χ0n) is 10.3. The Morgan fingerprint density at radius 1 is 1.41 bits per heavy atom. The van der Waals surface area contributed by atoms with Gasteiger partial charge in [-0.2, -0.15) is 0 Å². The molecule has 2 N–H and O–H groups in total. The van der Waals surface area contributed by atoms with Crippen LogP contribution in [0.4, 0.5) is 0 Å². The molecule has 2 aromatic rings. The molecule has 1 aromatic heterocycles. The average Bonchev–Trinajstić information content (AvgIpc) is 2.74. The van der Waals surface area contributed by atoms with E-state index in [0.717, 1.165) is 17.9 Å². The zero-order chi connectivity index (χ0) is 12.3. The van der Waals surface area contributed by atoms with E-state index in [9.17, 15) is 0 Å². The van der Waals surface area contributed by atoms with Crippen molar-refractivity contribution >= 4 is 11.0 Å². The van der Waals surface area contributed by atoms with Crippen LogP contribution in [0.15, 0.2) is 24.3 Å². The van der Waals surface area contributed by atoms with Crippen molar-refractivity contribution in [1.29, 1.82) is 0 Å². The highest BCUT2D eigenvalue weighted by molar-refractivity contribution is 5.76. The summed E-state index contributed by atoms with van der Waals surface area (Å²) >= 11 is 0. The maximum absolute atomic E-state index is 8.84. The Hall–Kier alpha value is -1.39. The van der Waals surface area contributed by atoms with Crippen LogP contribution in [-0.4, -0.2) is 27.8 Å². The highest BCUT2D eigenvalue weighted by Crippen LogP contribution is 2.20. The molecule has 0 aliphatic rings. The number of imidazole rings is 1. The number of nitrogens with one attached hydrogen (secondary N) is 1. The van der Waals surface area contributed by atoms with Gasteiger partial charge < -0.3 is 15.0 Å². The fraction of sp³-hybridized carbons (Fsp3) is 0.462. The van der Waals surface area contributed by atoms with E-state index in [1.807, 2.05) is 18.2 Å². The molecule has 0 saturated carbocycles. The zero-order valence-corrected chi connectivity index (χ0v) is 10.3. The van der Waals surface area contributed by atoms with Crippen LogP contribution in [0.3, 0.4) is 0 Å². The molecule has 0 bridgehead atoms. The molecular weight excluding hydrogens is 214 g/mol. The molecule has 1 atom stereocenters. The Labute approximate surface area is 101 Å². The predicted octanol–water partition coefficient (Wildman–Crippen LogP) is 1.70. The lowest BCUT2D eigenvalue weighted by Crippen LogP contribution is -2.24. The van der Waals surface area contributed by atoms with Gasteiger partial charge in [0.05, 0.1) is 23.7 Å². The third kappa shape index (κ3) is 2.33. The number of benzene rings is 1. The van der Waals surface area contributed by atoms with E-state index in [4.69, 9.17) is 5.11 Å². The van der Waals surface area contributed by atoms with Gasteiger partial charge >= 0.3 is 0 Å². The third-order valence-electron chi connectivity index (χ3n) is 2.95. The summed E-state index contributed by atoms with van der Waals surface area (Å²) in [5.41, 5.74) is 2.20. The van der Waals surface area contributed by atoms with Crippen molar-refractivity contribution in [3.05, 3.63) is 30.1 Å². The first kappa shape index (κ1) is 12.1. The summed E-state index contributed by atoms with van der Waals surface area (Å²) < 4.78 is 2.21. The maximum atomic E-state index is 8.84. The molecule has 1 unspecified atom stereocenters. The van der Waals surface area contributed by atoms with E-state index in [-0.39, 0.29) is 12.6 Å². The summed E-state index contributed by atoms with van der Waals surface area (Å²) in [6.45, 7) is 5.84. The van der Waals surface area contributed by atoms with E-state index in [0.29, 0.717) is 6.54 Å². The van der Waals surface area contributed by atoms with Gasteiger partial charge in [0.25, 0.3) is 0 Å². The number of aromatic nitrogens is 2. The van der Waals surface area contributed by atoms with Crippen LogP contribution in [0.5, 0.6) is 0 Å². The lowest BCUT2D eigenvalue weighted by molar-refractivity contribution is 0.284. The van der Waals surface area contributed by atoms with Crippen LogP contribution < -0.4 is 5.32 Å². The Morgan fingerprint density at radius 2 is 2.18 bits per heavy atom. The molecular formula is C13H19N3O. The topological polar surface area (TPSA) is 50.1 Å². The molecule has 4 heteroatoms. The average molecular weight is 233 g/mol. The van der Waals surface area contributed by atoms with Gasteiger partial charge in [-0.05, 0) is 26.0 Å². The number of hydrogen-bond acceptors (Lipinski definition) is 3. The largest absolute Gasteiger partial charge is 0.395 e. The molecule has 0 aliphatic carbocycles. The summed E-state index contributed by atoms with van der Waals surface area (Å²) in [5, 5.41) is 12.1. The summed E-state index contributed by atoms with van der Waals surface area (Å²) in [4.78, 5) is 4.66. The molecule has 0 aliphatic heterocycles. The molecule has 2 rings (SSSR count). The number of aliphatic hydroxyl groups is 1. The minimum Gasteiger partial charge on any atom is -0.395 e. The number of aryl methyl sites for hydroxylation is 1. The van der Waals surface area contributed by atoms with Crippen molar-refractivity contribution in [2.24, 2.45) is 0 Å². The fourth-order valence-electron chi connectivity index (χ4n) is 2.13. The van der Waals surface area contributed by atoms with Gasteiger partial charge in [-0.1, -0.05) is 12.1 Å². The van der Waals surface area contributed by atoms with Gasteiger partial charge in [0.2, 0.25) is 0 Å². The Morgan fingerprint density at radius 3 is 2.88 bits per heavy atom. The minimum absolute atomic E-state index is 0.148. The first-order valence-electron chi connectivity index (χ1n) is 6.07. The maximum Gasteiger partial charge on any atom is 0.126 e. The first-order valence-corrected chi connectivity index (χ1v) is 6.07. The monoisotopic (exact) mass is 233 g/mol. The smallest absolute Gasteiger partial charge is 0.126 e. The number of aliphatic hydroxyl groups excluding tert-OH is 1. The normalized spacial score (nSPS) is 13.1. The van der Waals surface area contributed by atoms with Crippen molar-refractivity contribution in [2.45, 2.75) is 26.4 Å². The van der Waals surface area contributed by atoms with Crippen LogP contribution in [0.1, 0.15) is 25.7 Å². The van der Waals surface area contributed by atoms with Crippen molar-refractivity contribution < 1.29 is 5.11 Å². The second-order valence-electron chi connectivity index (χ2n) is 4.10. The summed E-state index contributed by atoms with van der Waals surface area (Å²) in [6.07, 6.45) is 0. The van der Waals surface area contributed by atoms with Crippen molar-refractivity contribution in [3.63, 3.8) is 0 Å². The molecule has 17 heavy (non-hydrogen) atoms. The fourth-order valence-corrected chi connectivity index (χ4v) is 2.13. The van der Waals surface area contributed by atoms with Crippen LogP contribution in [0, 0.1) is 0 Å². The molecule has 4 nitrogen and oxygen atoms in total. The molecule has 0 fully saturated rings. The van der Waals surface area contributed by atoms with Crippen molar-refractivity contribution in [3.8, 4) is 0 Å². The molecule has 92 valence electrons. The Kier molecular flexibility index (Phi) is 3.76. The summed E-state index contributed by atoms with van der Waals surface area (Å²) in [6, 6.07) is 8.31. The van der Waals surface area contributed by atoms with E-state index >= 15 is 0 Å². The standard InChI is InChI=1S/C13H19N3O/c1-3-16-12-7-5-4-6-11(12)15-13(16)10(2)14-8-9-17/h4-7,10,14,17H,3,8-9H2,1-2H3. The number of fused-ring (bicyclic) bond motifs is 1. The molecule has 0 amide bonds. The van der Waals surface area contributed by atoms with E-state index in [1.54, 1.807) is 0 Å². The van der Waals surface area contributed by atoms with Gasteiger partial charge in [0, 0.05) is 13.1 Å². The highest BCUT2D eigenvalue weighted by atomic mass is 16.3. The molecule has 0 spiro atoms. The van der Waals surface area contributed by atoms with E-state index in [2.05, 4.69) is 34.8 Å². The minimum atomic E-state index is 0.148. The Bertz CT molecular complexity index is 492. The summed E-state index contributed by atoms with van der Waals surface area (Å²) in [7, 11) is 0. The molecule has 0 radical (unpaired) electrons. The van der Waals surface area contributed by atoms with Crippen LogP contribution in [0.25, 0.3) is 11.0 Å². The van der Waals surface area contributed by atoms with Gasteiger partial charge in [0.15, 0.2) is 0 Å². The lowest BCUT2D eigenvalue weighted by Gasteiger charge is -2.14. The lowest BCUT2D eigenvalue weighted by atomic mass is 10.3. The van der Waals surface area contributed by atoms with Crippen LogP contribution >= 0.6 is 0 Å². The number of rotatable bonds is 5. The number of para-hydroxylation sites is 2. The Balaban J connectivity index is 2.38. The number of nitrogens with zero attached hydrogens (tertiary/aromatic N) is 2. The van der Waals surface area contributed by atoms with Crippen LogP contribution in [-0.2, 0) is 6.54 Å². The third-order valence-corrected chi connectivity index (χ3v) is 2.95. The van der Waals surface area contributed by atoms with E-state index in [1.165, 1.54) is 5.52 Å². The first-order chi connectivity index (χ1) is 8.27. The van der Waals surface area contributed by atoms with E-state index < -0.39 is 0 Å². The van der Waals surface area contributed by atoms with Crippen molar-refractivity contribution in [2.75, 3.05) is 13.2 Å². The van der Waals surface area contributed by atoms with Gasteiger partial charge in [-0.25, -0.2) is 4.98 Å². The second kappa shape index (κ2) is 5.29. The summed E-state index contributed by atoms with van der Waals surface area (Å²) in [5.74, 6) is 1.03.